The van der Waals surface area contributed by atoms with Gasteiger partial charge in [0.2, 0.25) is 0 Å². The molecule has 0 aliphatic heterocycles. The van der Waals surface area contributed by atoms with Crippen molar-refractivity contribution in [3.8, 4) is 5.75 Å². The van der Waals surface area contributed by atoms with E-state index in [9.17, 15) is 0 Å². The maximum atomic E-state index is 6.56. The molecule has 0 heterocycles. The highest BCUT2D eigenvalue weighted by molar-refractivity contribution is 5.29. The third-order valence-electron chi connectivity index (χ3n) is 4.66. The van der Waals surface area contributed by atoms with E-state index in [0.717, 1.165) is 5.75 Å². The molecule has 1 saturated carbocycles. The van der Waals surface area contributed by atoms with Gasteiger partial charge in [0.05, 0.1) is 6.10 Å². The molecule has 2 heteroatoms. The van der Waals surface area contributed by atoms with E-state index in [4.69, 9.17) is 10.5 Å². The Balaban J connectivity index is 2.10. The van der Waals surface area contributed by atoms with Crippen LogP contribution in [0.25, 0.3) is 0 Å². The maximum Gasteiger partial charge on any atom is 0.119 e. The van der Waals surface area contributed by atoms with Crippen LogP contribution in [0, 0.1) is 11.3 Å². The van der Waals surface area contributed by atoms with Gasteiger partial charge >= 0.3 is 0 Å². The molecule has 0 amide bonds. The summed E-state index contributed by atoms with van der Waals surface area (Å²) in [7, 11) is 0. The summed E-state index contributed by atoms with van der Waals surface area (Å²) in [5.41, 5.74) is 8.14. The fraction of sp³-hybridized carbons (Fsp3) is 0.667. The first-order valence-electron chi connectivity index (χ1n) is 7.92. The number of benzene rings is 1. The Labute approximate surface area is 123 Å². The Morgan fingerprint density at radius 2 is 1.80 bits per heavy atom. The normalized spacial score (nSPS) is 23.6. The molecule has 0 bridgehead atoms. The highest BCUT2D eigenvalue weighted by atomic mass is 16.5. The van der Waals surface area contributed by atoms with Crippen LogP contribution in [-0.2, 0) is 0 Å². The van der Waals surface area contributed by atoms with Crippen molar-refractivity contribution >= 4 is 0 Å². The topological polar surface area (TPSA) is 35.2 Å². The first-order valence-corrected chi connectivity index (χ1v) is 7.92. The number of rotatable bonds is 4. The highest BCUT2D eigenvalue weighted by Crippen LogP contribution is 2.45. The standard InChI is InChI=1S/C18H29NO/c1-13(2)20-15-10-8-14(9-11-15)17(19)16-7-5-6-12-18(16,3)4/h8-11,13,16-17H,5-7,12,19H2,1-4H3. The fourth-order valence-electron chi connectivity index (χ4n) is 3.46. The summed E-state index contributed by atoms with van der Waals surface area (Å²) in [5.74, 6) is 1.51. The van der Waals surface area contributed by atoms with Crippen molar-refractivity contribution in [3.05, 3.63) is 29.8 Å². The largest absolute Gasteiger partial charge is 0.491 e. The van der Waals surface area contributed by atoms with Crippen LogP contribution in [0.3, 0.4) is 0 Å². The molecular formula is C18H29NO. The molecule has 1 aliphatic carbocycles. The monoisotopic (exact) mass is 275 g/mol. The van der Waals surface area contributed by atoms with Gasteiger partial charge in [-0.15, -0.1) is 0 Å². The van der Waals surface area contributed by atoms with E-state index in [2.05, 4.69) is 26.0 Å². The Bertz CT molecular complexity index is 422. The summed E-state index contributed by atoms with van der Waals surface area (Å²) in [6.07, 6.45) is 5.42. The van der Waals surface area contributed by atoms with E-state index in [0.29, 0.717) is 11.3 Å². The zero-order valence-electron chi connectivity index (χ0n) is 13.4. The van der Waals surface area contributed by atoms with E-state index < -0.39 is 0 Å². The lowest BCUT2D eigenvalue weighted by Crippen LogP contribution is -2.36. The molecule has 2 rings (SSSR count). The van der Waals surface area contributed by atoms with E-state index in [1.54, 1.807) is 0 Å². The summed E-state index contributed by atoms with van der Waals surface area (Å²) in [4.78, 5) is 0. The van der Waals surface area contributed by atoms with Crippen molar-refractivity contribution in [2.45, 2.75) is 65.5 Å². The lowest BCUT2D eigenvalue weighted by Gasteiger charge is -2.42. The van der Waals surface area contributed by atoms with Crippen molar-refractivity contribution in [1.29, 1.82) is 0 Å². The van der Waals surface area contributed by atoms with Gasteiger partial charge in [0.15, 0.2) is 0 Å². The summed E-state index contributed by atoms with van der Waals surface area (Å²) in [5, 5.41) is 0. The molecule has 0 spiro atoms. The van der Waals surface area contributed by atoms with Gasteiger partial charge in [0, 0.05) is 6.04 Å². The highest BCUT2D eigenvalue weighted by Gasteiger charge is 2.36. The first-order chi connectivity index (χ1) is 9.40. The van der Waals surface area contributed by atoms with Crippen LogP contribution < -0.4 is 10.5 Å². The van der Waals surface area contributed by atoms with Crippen LogP contribution in [0.15, 0.2) is 24.3 Å². The van der Waals surface area contributed by atoms with Crippen LogP contribution in [-0.4, -0.2) is 6.10 Å². The quantitative estimate of drug-likeness (QED) is 0.865. The van der Waals surface area contributed by atoms with Crippen molar-refractivity contribution in [1.82, 2.24) is 0 Å². The van der Waals surface area contributed by atoms with Gasteiger partial charge in [-0.1, -0.05) is 38.8 Å². The zero-order valence-corrected chi connectivity index (χ0v) is 13.4. The van der Waals surface area contributed by atoms with Crippen LogP contribution >= 0.6 is 0 Å². The third-order valence-corrected chi connectivity index (χ3v) is 4.66. The average molecular weight is 275 g/mol. The molecule has 2 atom stereocenters. The second kappa shape index (κ2) is 6.17. The maximum absolute atomic E-state index is 6.56. The molecule has 1 aromatic rings. The molecule has 2 nitrogen and oxygen atoms in total. The Morgan fingerprint density at radius 3 is 2.35 bits per heavy atom. The second-order valence-electron chi connectivity index (χ2n) is 7.10. The Morgan fingerprint density at radius 1 is 1.15 bits per heavy atom. The van der Waals surface area contributed by atoms with Crippen LogP contribution in [0.2, 0.25) is 0 Å². The minimum atomic E-state index is 0.137. The van der Waals surface area contributed by atoms with Gasteiger partial charge < -0.3 is 10.5 Å². The third kappa shape index (κ3) is 3.54. The van der Waals surface area contributed by atoms with Gasteiger partial charge in [-0.2, -0.15) is 0 Å². The molecule has 1 aliphatic rings. The van der Waals surface area contributed by atoms with Crippen molar-refractivity contribution in [2.24, 2.45) is 17.1 Å². The molecule has 1 aromatic carbocycles. The molecule has 0 aromatic heterocycles. The zero-order chi connectivity index (χ0) is 14.8. The molecule has 20 heavy (non-hydrogen) atoms. The van der Waals surface area contributed by atoms with E-state index in [1.807, 2.05) is 26.0 Å². The lowest BCUT2D eigenvalue weighted by molar-refractivity contribution is 0.112. The Hall–Kier alpha value is -1.02. The fourth-order valence-corrected chi connectivity index (χ4v) is 3.46. The van der Waals surface area contributed by atoms with Crippen molar-refractivity contribution in [2.75, 3.05) is 0 Å². The molecule has 2 N–H and O–H groups in total. The molecule has 112 valence electrons. The molecule has 0 radical (unpaired) electrons. The van der Waals surface area contributed by atoms with E-state index in [-0.39, 0.29) is 12.1 Å². The number of ether oxygens (including phenoxy) is 1. The van der Waals surface area contributed by atoms with E-state index in [1.165, 1.54) is 31.2 Å². The van der Waals surface area contributed by atoms with E-state index >= 15 is 0 Å². The van der Waals surface area contributed by atoms with Gasteiger partial charge in [0.25, 0.3) is 0 Å². The van der Waals surface area contributed by atoms with Crippen molar-refractivity contribution in [3.63, 3.8) is 0 Å². The van der Waals surface area contributed by atoms with Gasteiger partial charge in [-0.05, 0) is 55.7 Å². The minimum absolute atomic E-state index is 0.137. The van der Waals surface area contributed by atoms with Gasteiger partial charge in [0.1, 0.15) is 5.75 Å². The number of hydrogen-bond acceptors (Lipinski definition) is 2. The molecule has 0 saturated heterocycles. The van der Waals surface area contributed by atoms with Crippen molar-refractivity contribution < 1.29 is 4.74 Å². The van der Waals surface area contributed by atoms with Gasteiger partial charge in [-0.3, -0.25) is 0 Å². The number of nitrogens with two attached hydrogens (primary N) is 1. The summed E-state index contributed by atoms with van der Waals surface area (Å²) in [6.45, 7) is 8.83. The number of hydrogen-bond donors (Lipinski definition) is 1. The SMILES string of the molecule is CC(C)Oc1ccc(C(N)C2CCCCC2(C)C)cc1. The lowest BCUT2D eigenvalue weighted by atomic mass is 9.65. The second-order valence-corrected chi connectivity index (χ2v) is 7.10. The van der Waals surface area contributed by atoms with Crippen LogP contribution in [0.1, 0.15) is 65.0 Å². The molecule has 2 unspecified atom stereocenters. The minimum Gasteiger partial charge on any atom is -0.491 e. The summed E-state index contributed by atoms with van der Waals surface area (Å²) in [6, 6.07) is 8.49. The summed E-state index contributed by atoms with van der Waals surface area (Å²) < 4.78 is 5.69. The van der Waals surface area contributed by atoms with Crippen LogP contribution in [0.4, 0.5) is 0 Å². The average Bonchev–Trinajstić information content (AvgIpc) is 2.37. The predicted molar refractivity (Wildman–Crippen MR) is 84.9 cm³/mol. The first kappa shape index (κ1) is 15.4. The Kier molecular flexibility index (Phi) is 4.74. The molecule has 1 fully saturated rings. The summed E-state index contributed by atoms with van der Waals surface area (Å²) >= 11 is 0. The van der Waals surface area contributed by atoms with Gasteiger partial charge in [-0.25, -0.2) is 0 Å². The smallest absolute Gasteiger partial charge is 0.119 e. The molecular weight excluding hydrogens is 246 g/mol. The predicted octanol–water partition coefficient (Wildman–Crippen LogP) is 4.69. The van der Waals surface area contributed by atoms with Crippen LogP contribution in [0.5, 0.6) is 5.75 Å².